The van der Waals surface area contributed by atoms with Crippen molar-refractivity contribution in [2.45, 2.75) is 58.4 Å². The smallest absolute Gasteiger partial charge is 0.115 e. The Morgan fingerprint density at radius 3 is 2.75 bits per heavy atom. The quantitative estimate of drug-likeness (QED) is 0.914. The minimum atomic E-state index is 0.0761. The molecule has 2 nitrogen and oxygen atoms in total. The first-order valence-corrected chi connectivity index (χ1v) is 9.88. The first kappa shape index (κ1) is 14.9. The third-order valence-electron chi connectivity index (χ3n) is 5.03. The SMILES string of the molecule is CCNC1(c2nc3c(s2)CCCC3)CSCCC1(C)C. The van der Waals surface area contributed by atoms with Crippen molar-refractivity contribution in [1.82, 2.24) is 10.3 Å². The molecule has 1 aromatic rings. The highest BCUT2D eigenvalue weighted by atomic mass is 32.2. The van der Waals surface area contributed by atoms with Crippen molar-refractivity contribution in [2.75, 3.05) is 18.1 Å². The summed E-state index contributed by atoms with van der Waals surface area (Å²) in [4.78, 5) is 6.67. The summed E-state index contributed by atoms with van der Waals surface area (Å²) in [7, 11) is 0. The van der Waals surface area contributed by atoms with Crippen LogP contribution < -0.4 is 5.32 Å². The van der Waals surface area contributed by atoms with Crippen molar-refractivity contribution in [3.05, 3.63) is 15.6 Å². The maximum Gasteiger partial charge on any atom is 0.115 e. The van der Waals surface area contributed by atoms with Gasteiger partial charge in [0.2, 0.25) is 0 Å². The molecule has 2 heterocycles. The van der Waals surface area contributed by atoms with Crippen LogP contribution in [0, 0.1) is 5.41 Å². The number of aryl methyl sites for hydroxylation is 2. The zero-order valence-electron chi connectivity index (χ0n) is 12.9. The molecule has 0 aromatic carbocycles. The van der Waals surface area contributed by atoms with Crippen molar-refractivity contribution < 1.29 is 0 Å². The first-order chi connectivity index (χ1) is 9.59. The van der Waals surface area contributed by atoms with E-state index in [0.717, 1.165) is 6.54 Å². The van der Waals surface area contributed by atoms with Gasteiger partial charge in [-0.2, -0.15) is 11.8 Å². The Morgan fingerprint density at radius 2 is 2.05 bits per heavy atom. The van der Waals surface area contributed by atoms with E-state index in [1.807, 2.05) is 11.3 Å². The maximum atomic E-state index is 5.10. The summed E-state index contributed by atoms with van der Waals surface area (Å²) in [6.45, 7) is 8.10. The molecule has 0 spiro atoms. The van der Waals surface area contributed by atoms with E-state index in [-0.39, 0.29) is 11.0 Å². The summed E-state index contributed by atoms with van der Waals surface area (Å²) in [6.07, 6.45) is 6.39. The highest BCUT2D eigenvalue weighted by Gasteiger charge is 2.50. The zero-order valence-corrected chi connectivity index (χ0v) is 14.6. The third-order valence-corrected chi connectivity index (χ3v) is 7.48. The lowest BCUT2D eigenvalue weighted by Crippen LogP contribution is -2.57. The Kier molecular flexibility index (Phi) is 4.17. The Bertz CT molecular complexity index is 453. The molecule has 4 heteroatoms. The number of hydrogen-bond acceptors (Lipinski definition) is 4. The molecule has 0 saturated carbocycles. The Hall–Kier alpha value is -0.0600. The van der Waals surface area contributed by atoms with E-state index in [9.17, 15) is 0 Å². The average Bonchev–Trinajstić information content (AvgIpc) is 2.85. The molecule has 2 aliphatic rings. The summed E-state index contributed by atoms with van der Waals surface area (Å²) < 4.78 is 0. The topological polar surface area (TPSA) is 24.9 Å². The summed E-state index contributed by atoms with van der Waals surface area (Å²) in [6, 6.07) is 0. The van der Waals surface area contributed by atoms with Gasteiger partial charge in [-0.05, 0) is 49.8 Å². The van der Waals surface area contributed by atoms with E-state index in [4.69, 9.17) is 4.98 Å². The lowest BCUT2D eigenvalue weighted by molar-refractivity contribution is 0.131. The minimum Gasteiger partial charge on any atom is -0.305 e. The summed E-state index contributed by atoms with van der Waals surface area (Å²) >= 11 is 4.09. The normalized spacial score (nSPS) is 29.1. The molecule has 1 aliphatic heterocycles. The van der Waals surface area contributed by atoms with E-state index in [0.29, 0.717) is 0 Å². The second-order valence-electron chi connectivity index (χ2n) is 6.72. The molecular weight excluding hydrogens is 284 g/mol. The van der Waals surface area contributed by atoms with E-state index < -0.39 is 0 Å². The number of hydrogen-bond donors (Lipinski definition) is 1. The van der Waals surface area contributed by atoms with Crippen LogP contribution in [0.5, 0.6) is 0 Å². The standard InChI is InChI=1S/C16H26N2S2/c1-4-17-16(11-19-10-9-15(16,2)3)14-18-12-7-5-6-8-13(12)20-14/h17H,4-11H2,1-3H3. The Morgan fingerprint density at radius 1 is 1.25 bits per heavy atom. The van der Waals surface area contributed by atoms with Crippen LogP contribution in [0.4, 0.5) is 0 Å². The van der Waals surface area contributed by atoms with Crippen molar-refractivity contribution in [3.8, 4) is 0 Å². The van der Waals surface area contributed by atoms with Gasteiger partial charge in [0.25, 0.3) is 0 Å². The van der Waals surface area contributed by atoms with Crippen LogP contribution in [0.1, 0.15) is 55.6 Å². The summed E-state index contributed by atoms with van der Waals surface area (Å²) in [5.74, 6) is 2.45. The van der Waals surface area contributed by atoms with Crippen LogP contribution in [0.3, 0.4) is 0 Å². The van der Waals surface area contributed by atoms with Crippen LogP contribution in [-0.2, 0) is 18.4 Å². The molecule has 1 aromatic heterocycles. The fraction of sp³-hybridized carbons (Fsp3) is 0.812. The molecule has 1 unspecified atom stereocenters. The lowest BCUT2D eigenvalue weighted by Gasteiger charge is -2.49. The first-order valence-electron chi connectivity index (χ1n) is 7.91. The second kappa shape index (κ2) is 5.62. The fourth-order valence-electron chi connectivity index (χ4n) is 3.51. The molecule has 0 amide bonds. The molecule has 1 aliphatic carbocycles. The predicted molar refractivity (Wildman–Crippen MR) is 89.8 cm³/mol. The minimum absolute atomic E-state index is 0.0761. The number of aromatic nitrogens is 1. The third kappa shape index (κ3) is 2.34. The van der Waals surface area contributed by atoms with Crippen LogP contribution in [0.2, 0.25) is 0 Å². The highest BCUT2D eigenvalue weighted by molar-refractivity contribution is 7.99. The van der Waals surface area contributed by atoms with Crippen LogP contribution in [0.15, 0.2) is 0 Å². The van der Waals surface area contributed by atoms with E-state index in [1.165, 1.54) is 54.3 Å². The van der Waals surface area contributed by atoms with E-state index in [2.05, 4.69) is 37.8 Å². The second-order valence-corrected chi connectivity index (χ2v) is 8.91. The Balaban J connectivity index is 2.03. The van der Waals surface area contributed by atoms with Gasteiger partial charge in [-0.15, -0.1) is 11.3 Å². The number of fused-ring (bicyclic) bond motifs is 1. The molecule has 1 N–H and O–H groups in total. The Labute approximate surface area is 131 Å². The zero-order chi connectivity index (χ0) is 14.2. The molecule has 1 atom stereocenters. The van der Waals surface area contributed by atoms with Gasteiger partial charge in [0.05, 0.1) is 11.2 Å². The number of nitrogens with zero attached hydrogens (tertiary/aromatic N) is 1. The number of nitrogens with one attached hydrogen (secondary N) is 1. The maximum absolute atomic E-state index is 5.10. The van der Waals surface area contributed by atoms with Gasteiger partial charge in [0.15, 0.2) is 0 Å². The monoisotopic (exact) mass is 310 g/mol. The van der Waals surface area contributed by atoms with Gasteiger partial charge >= 0.3 is 0 Å². The molecule has 1 saturated heterocycles. The molecular formula is C16H26N2S2. The molecule has 1 fully saturated rings. The van der Waals surface area contributed by atoms with E-state index in [1.54, 1.807) is 4.88 Å². The number of thioether (sulfide) groups is 1. The summed E-state index contributed by atoms with van der Waals surface area (Å²) in [5.41, 5.74) is 1.77. The summed E-state index contributed by atoms with van der Waals surface area (Å²) in [5, 5.41) is 5.21. The molecule has 112 valence electrons. The largest absolute Gasteiger partial charge is 0.305 e. The molecule has 0 radical (unpaired) electrons. The van der Waals surface area contributed by atoms with Gasteiger partial charge in [0.1, 0.15) is 5.01 Å². The lowest BCUT2D eigenvalue weighted by atomic mass is 9.71. The molecule has 3 rings (SSSR count). The van der Waals surface area contributed by atoms with Gasteiger partial charge in [-0.3, -0.25) is 0 Å². The molecule has 0 bridgehead atoms. The van der Waals surface area contributed by atoms with Gasteiger partial charge in [-0.25, -0.2) is 4.98 Å². The predicted octanol–water partition coefficient (Wildman–Crippen LogP) is 3.99. The van der Waals surface area contributed by atoms with Crippen molar-refractivity contribution in [1.29, 1.82) is 0 Å². The molecule has 20 heavy (non-hydrogen) atoms. The van der Waals surface area contributed by atoms with Gasteiger partial charge in [0, 0.05) is 10.6 Å². The number of rotatable bonds is 3. The van der Waals surface area contributed by atoms with Crippen LogP contribution >= 0.6 is 23.1 Å². The van der Waals surface area contributed by atoms with E-state index >= 15 is 0 Å². The van der Waals surface area contributed by atoms with Gasteiger partial charge in [-0.1, -0.05) is 20.8 Å². The average molecular weight is 311 g/mol. The fourth-order valence-corrected chi connectivity index (χ4v) is 6.84. The number of thiazole rings is 1. The van der Waals surface area contributed by atoms with Crippen molar-refractivity contribution in [3.63, 3.8) is 0 Å². The van der Waals surface area contributed by atoms with Crippen molar-refractivity contribution in [2.24, 2.45) is 5.41 Å². The van der Waals surface area contributed by atoms with Crippen molar-refractivity contribution >= 4 is 23.1 Å². The van der Waals surface area contributed by atoms with Crippen LogP contribution in [-0.4, -0.2) is 23.0 Å². The highest BCUT2D eigenvalue weighted by Crippen LogP contribution is 2.50. The van der Waals surface area contributed by atoms with Gasteiger partial charge < -0.3 is 5.32 Å². The van der Waals surface area contributed by atoms with Crippen LogP contribution in [0.25, 0.3) is 0 Å².